The fraction of sp³-hybridized carbons (Fsp3) is 0.0909. The normalized spacial score (nSPS) is 10.5. The van der Waals surface area contributed by atoms with Crippen molar-refractivity contribution in [3.63, 3.8) is 0 Å². The van der Waals surface area contributed by atoms with Crippen molar-refractivity contribution in [2.24, 2.45) is 12.8 Å². The van der Waals surface area contributed by atoms with E-state index in [1.54, 1.807) is 6.20 Å². The zero-order valence-electron chi connectivity index (χ0n) is 9.14. The predicted octanol–water partition coefficient (Wildman–Crippen LogP) is 2.62. The van der Waals surface area contributed by atoms with Gasteiger partial charge in [-0.05, 0) is 18.2 Å². The van der Waals surface area contributed by atoms with Crippen LogP contribution in [-0.2, 0) is 7.05 Å². The lowest BCUT2D eigenvalue weighted by Gasteiger charge is -2.08. The van der Waals surface area contributed by atoms with Crippen LogP contribution in [0.3, 0.4) is 0 Å². The molecule has 4 nitrogen and oxygen atoms in total. The smallest absolute Gasteiger partial charge is 0.172 e. The summed E-state index contributed by atoms with van der Waals surface area (Å²) in [5.74, 6) is 0.0641. The minimum Gasteiger partial charge on any atom is -0.384 e. The standard InChI is InChI=1S/C11H11BrN4S/c1-16-5-4-15-11(16)17-9-6-7(12)2-3-8(9)10(13)14/h2-6H,1H3,(H3,13,14). The first-order valence-corrected chi connectivity index (χ1v) is 6.48. The van der Waals surface area contributed by atoms with Gasteiger partial charge in [0.1, 0.15) is 5.84 Å². The number of halogens is 1. The predicted molar refractivity (Wildman–Crippen MR) is 72.5 cm³/mol. The molecule has 3 N–H and O–H groups in total. The first-order chi connectivity index (χ1) is 8.08. The lowest BCUT2D eigenvalue weighted by atomic mass is 10.2. The summed E-state index contributed by atoms with van der Waals surface area (Å²) in [6, 6.07) is 5.65. The Morgan fingerprint density at radius 3 is 2.88 bits per heavy atom. The second kappa shape index (κ2) is 4.93. The van der Waals surface area contributed by atoms with Crippen LogP contribution in [0.5, 0.6) is 0 Å². The van der Waals surface area contributed by atoms with Gasteiger partial charge in [-0.1, -0.05) is 27.7 Å². The monoisotopic (exact) mass is 310 g/mol. The molecule has 0 aliphatic heterocycles. The van der Waals surface area contributed by atoms with Crippen molar-refractivity contribution in [1.29, 1.82) is 5.41 Å². The van der Waals surface area contributed by atoms with E-state index in [1.165, 1.54) is 11.8 Å². The lowest BCUT2D eigenvalue weighted by molar-refractivity contribution is 0.790. The van der Waals surface area contributed by atoms with E-state index in [0.29, 0.717) is 0 Å². The van der Waals surface area contributed by atoms with Crippen molar-refractivity contribution in [2.75, 3.05) is 0 Å². The van der Waals surface area contributed by atoms with E-state index in [4.69, 9.17) is 11.1 Å². The Bertz CT molecular complexity index is 564. The number of nitrogen functional groups attached to an aromatic ring is 1. The number of aromatic nitrogens is 2. The molecule has 0 amide bonds. The van der Waals surface area contributed by atoms with E-state index in [0.717, 1.165) is 20.1 Å². The molecule has 0 bridgehead atoms. The van der Waals surface area contributed by atoms with Crippen LogP contribution in [0.2, 0.25) is 0 Å². The molecule has 1 aromatic carbocycles. The molecule has 0 radical (unpaired) electrons. The highest BCUT2D eigenvalue weighted by Gasteiger charge is 2.10. The zero-order chi connectivity index (χ0) is 12.4. The molecule has 0 unspecified atom stereocenters. The van der Waals surface area contributed by atoms with Crippen molar-refractivity contribution >= 4 is 33.5 Å². The van der Waals surface area contributed by atoms with Gasteiger partial charge in [0, 0.05) is 34.4 Å². The molecule has 2 aromatic rings. The van der Waals surface area contributed by atoms with Crippen LogP contribution < -0.4 is 5.73 Å². The van der Waals surface area contributed by atoms with Crippen molar-refractivity contribution in [3.8, 4) is 0 Å². The summed E-state index contributed by atoms with van der Waals surface area (Å²) in [7, 11) is 1.93. The molecule has 0 spiro atoms. The third kappa shape index (κ3) is 2.70. The molecular weight excluding hydrogens is 300 g/mol. The number of hydrogen-bond donors (Lipinski definition) is 2. The van der Waals surface area contributed by atoms with Crippen molar-refractivity contribution < 1.29 is 0 Å². The second-order valence-corrected chi connectivity index (χ2v) is 5.40. The minimum absolute atomic E-state index is 0.0641. The number of nitrogens with zero attached hydrogens (tertiary/aromatic N) is 2. The van der Waals surface area contributed by atoms with E-state index in [9.17, 15) is 0 Å². The molecule has 1 heterocycles. The number of nitrogens with two attached hydrogens (primary N) is 1. The molecule has 0 saturated carbocycles. The summed E-state index contributed by atoms with van der Waals surface area (Å²) in [5.41, 5.74) is 6.28. The van der Waals surface area contributed by atoms with Crippen LogP contribution in [0, 0.1) is 5.41 Å². The quantitative estimate of drug-likeness (QED) is 0.676. The number of rotatable bonds is 3. The van der Waals surface area contributed by atoms with Crippen LogP contribution in [0.4, 0.5) is 0 Å². The number of aryl methyl sites for hydroxylation is 1. The van der Waals surface area contributed by atoms with E-state index >= 15 is 0 Å². The highest BCUT2D eigenvalue weighted by atomic mass is 79.9. The minimum atomic E-state index is 0.0641. The summed E-state index contributed by atoms with van der Waals surface area (Å²) in [5, 5.41) is 8.42. The fourth-order valence-electron chi connectivity index (χ4n) is 1.35. The number of benzene rings is 1. The molecule has 1 aromatic heterocycles. The SMILES string of the molecule is Cn1ccnc1Sc1cc(Br)ccc1C(=N)N. The van der Waals surface area contributed by atoms with E-state index in [2.05, 4.69) is 20.9 Å². The Labute approximate surface area is 112 Å². The first kappa shape index (κ1) is 12.2. The molecule has 2 rings (SSSR count). The van der Waals surface area contributed by atoms with Crippen LogP contribution in [0.1, 0.15) is 5.56 Å². The maximum Gasteiger partial charge on any atom is 0.172 e. The highest BCUT2D eigenvalue weighted by molar-refractivity contribution is 9.10. The summed E-state index contributed by atoms with van der Waals surface area (Å²) in [6.45, 7) is 0. The first-order valence-electron chi connectivity index (χ1n) is 4.87. The summed E-state index contributed by atoms with van der Waals surface area (Å²) in [6.07, 6.45) is 3.63. The van der Waals surface area contributed by atoms with Crippen LogP contribution in [-0.4, -0.2) is 15.4 Å². The number of nitrogens with one attached hydrogen (secondary N) is 1. The van der Waals surface area contributed by atoms with E-state index in [-0.39, 0.29) is 5.84 Å². The Morgan fingerprint density at radius 2 is 2.29 bits per heavy atom. The summed E-state index contributed by atoms with van der Waals surface area (Å²) in [4.78, 5) is 5.16. The molecule has 6 heteroatoms. The van der Waals surface area contributed by atoms with Crippen molar-refractivity contribution in [1.82, 2.24) is 9.55 Å². The van der Waals surface area contributed by atoms with Crippen LogP contribution in [0.15, 0.2) is 45.1 Å². The third-order valence-electron chi connectivity index (χ3n) is 2.21. The average molecular weight is 311 g/mol. The van der Waals surface area contributed by atoms with Crippen LogP contribution >= 0.6 is 27.7 Å². The molecule has 88 valence electrons. The third-order valence-corrected chi connectivity index (χ3v) is 3.84. The summed E-state index contributed by atoms with van der Waals surface area (Å²) >= 11 is 4.91. The number of imidazole rings is 1. The Balaban J connectivity index is 2.41. The topological polar surface area (TPSA) is 67.7 Å². The van der Waals surface area contributed by atoms with E-state index < -0.39 is 0 Å². The van der Waals surface area contributed by atoms with Crippen LogP contribution in [0.25, 0.3) is 0 Å². The molecular formula is C11H11BrN4S. The molecule has 0 atom stereocenters. The maximum absolute atomic E-state index is 7.55. The fourth-order valence-corrected chi connectivity index (χ4v) is 2.85. The highest BCUT2D eigenvalue weighted by Crippen LogP contribution is 2.31. The Hall–Kier alpha value is -1.27. The van der Waals surface area contributed by atoms with Gasteiger partial charge in [-0.3, -0.25) is 5.41 Å². The molecule has 0 saturated heterocycles. The molecule has 0 aliphatic rings. The lowest BCUT2D eigenvalue weighted by Crippen LogP contribution is -2.12. The van der Waals surface area contributed by atoms with Gasteiger partial charge in [-0.25, -0.2) is 4.98 Å². The van der Waals surface area contributed by atoms with Gasteiger partial charge in [0.05, 0.1) is 0 Å². The average Bonchev–Trinajstić information content (AvgIpc) is 2.64. The second-order valence-electron chi connectivity index (χ2n) is 3.48. The van der Waals surface area contributed by atoms with E-state index in [1.807, 2.05) is 36.0 Å². The molecule has 0 aliphatic carbocycles. The molecule has 17 heavy (non-hydrogen) atoms. The van der Waals surface area contributed by atoms with Gasteiger partial charge in [-0.15, -0.1) is 0 Å². The van der Waals surface area contributed by atoms with Gasteiger partial charge in [0.15, 0.2) is 5.16 Å². The van der Waals surface area contributed by atoms with Gasteiger partial charge in [0.2, 0.25) is 0 Å². The van der Waals surface area contributed by atoms with Crippen molar-refractivity contribution in [2.45, 2.75) is 10.1 Å². The Kier molecular flexibility index (Phi) is 3.54. The van der Waals surface area contributed by atoms with Gasteiger partial charge in [-0.2, -0.15) is 0 Å². The largest absolute Gasteiger partial charge is 0.384 e. The van der Waals surface area contributed by atoms with Gasteiger partial charge in [0.25, 0.3) is 0 Å². The zero-order valence-corrected chi connectivity index (χ0v) is 11.5. The van der Waals surface area contributed by atoms with Gasteiger partial charge < -0.3 is 10.3 Å². The number of amidine groups is 1. The summed E-state index contributed by atoms with van der Waals surface area (Å²) < 4.78 is 2.88. The Morgan fingerprint density at radius 1 is 1.53 bits per heavy atom. The van der Waals surface area contributed by atoms with Crippen molar-refractivity contribution in [3.05, 3.63) is 40.6 Å². The number of hydrogen-bond acceptors (Lipinski definition) is 3. The maximum atomic E-state index is 7.55. The molecule has 0 fully saturated rings. The van der Waals surface area contributed by atoms with Gasteiger partial charge >= 0.3 is 0 Å².